The Bertz CT molecular complexity index is 1760. The van der Waals surface area contributed by atoms with Crippen LogP contribution in [-0.4, -0.2) is 77.5 Å². The molecule has 1 saturated heterocycles. The van der Waals surface area contributed by atoms with Crippen LogP contribution in [0.25, 0.3) is 33.0 Å². The van der Waals surface area contributed by atoms with Gasteiger partial charge in [0.1, 0.15) is 6.61 Å². The lowest BCUT2D eigenvalue weighted by Gasteiger charge is -2.32. The lowest BCUT2D eigenvalue weighted by Crippen LogP contribution is -2.45. The van der Waals surface area contributed by atoms with Gasteiger partial charge >= 0.3 is 5.97 Å². The van der Waals surface area contributed by atoms with Gasteiger partial charge in [-0.2, -0.15) is 5.26 Å². The number of carbonyl (C=O) groups excluding carboxylic acids is 3. The number of nitriles is 1. The number of esters is 1. The number of amides is 2. The van der Waals surface area contributed by atoms with Crippen molar-refractivity contribution >= 4 is 56.7 Å². The number of imide groups is 1. The van der Waals surface area contributed by atoms with Crippen LogP contribution in [-0.2, 0) is 14.3 Å². The quantitative estimate of drug-likeness (QED) is 0.216. The number of nitrogens with one attached hydrogen (secondary N) is 2. The second-order valence-corrected chi connectivity index (χ2v) is 9.69. The maximum Gasteiger partial charge on any atom is 0.340 e. The number of likely N-dealkylation sites (N-methyl/N-ethyl adjacent to an activating group) is 1. The monoisotopic (exact) mass is 535 g/mol. The first kappa shape index (κ1) is 25.2. The normalized spacial score (nSPS) is 16.1. The number of aromatic nitrogens is 3. The third kappa shape index (κ3) is 4.34. The zero-order chi connectivity index (χ0) is 27.8. The number of ether oxygens (including phenoxy) is 1. The number of carbonyl (C=O) groups is 3. The Morgan fingerprint density at radius 1 is 1.00 bits per heavy atom. The van der Waals surface area contributed by atoms with Gasteiger partial charge in [-0.05, 0) is 19.2 Å². The van der Waals surface area contributed by atoms with Crippen molar-refractivity contribution in [3.8, 4) is 6.07 Å². The summed E-state index contributed by atoms with van der Waals surface area (Å²) in [5, 5.41) is 12.4. The van der Waals surface area contributed by atoms with E-state index in [4.69, 9.17) is 20.0 Å². The zero-order valence-electron chi connectivity index (χ0n) is 21.7. The van der Waals surface area contributed by atoms with Gasteiger partial charge in [0.05, 0.1) is 45.9 Å². The highest BCUT2D eigenvalue weighted by atomic mass is 16.5. The molecule has 6 rings (SSSR count). The van der Waals surface area contributed by atoms with E-state index >= 15 is 0 Å². The standard InChI is InChI=1S/C29H25N7O4/c1-35-11-13-36(14-12-35)29-32-21-9-3-2-6-18(21)25(33-29)23-22(26(37)34-27(23)38)20-16-31-24-17(20)7-4-8-19(24)28(39)40-15-5-10-30/h2-4,6-9,16,31H,5,11-15H2,1H3,(H,34,37,38). The first-order valence-corrected chi connectivity index (χ1v) is 12.9. The zero-order valence-corrected chi connectivity index (χ0v) is 21.7. The molecule has 200 valence electrons. The van der Waals surface area contributed by atoms with Crippen molar-refractivity contribution in [3.05, 3.63) is 65.5 Å². The van der Waals surface area contributed by atoms with Crippen LogP contribution in [0.5, 0.6) is 0 Å². The number of fused-ring (bicyclic) bond motifs is 2. The molecule has 0 spiro atoms. The number of para-hydroxylation sites is 2. The number of hydrogen-bond acceptors (Lipinski definition) is 9. The third-order valence-corrected chi connectivity index (χ3v) is 7.20. The summed E-state index contributed by atoms with van der Waals surface area (Å²) in [6.07, 6.45) is 1.69. The van der Waals surface area contributed by atoms with E-state index in [2.05, 4.69) is 27.1 Å². The van der Waals surface area contributed by atoms with Crippen molar-refractivity contribution < 1.29 is 19.1 Å². The molecule has 1 fully saturated rings. The minimum Gasteiger partial charge on any atom is -0.461 e. The summed E-state index contributed by atoms with van der Waals surface area (Å²) >= 11 is 0. The predicted octanol–water partition coefficient (Wildman–Crippen LogP) is 2.50. The number of nitrogens with zero attached hydrogens (tertiary/aromatic N) is 5. The molecule has 11 nitrogen and oxygen atoms in total. The average Bonchev–Trinajstić information content (AvgIpc) is 3.52. The summed E-state index contributed by atoms with van der Waals surface area (Å²) in [5.74, 6) is -1.18. The van der Waals surface area contributed by atoms with Gasteiger partial charge in [0.25, 0.3) is 11.8 Å². The number of H-pyrrole nitrogens is 1. The molecule has 2 aliphatic rings. The molecule has 2 amide bonds. The Balaban J connectivity index is 1.52. The van der Waals surface area contributed by atoms with Crippen molar-refractivity contribution in [2.24, 2.45) is 0 Å². The molecule has 40 heavy (non-hydrogen) atoms. The van der Waals surface area contributed by atoms with Crippen molar-refractivity contribution in [1.29, 1.82) is 5.26 Å². The third-order valence-electron chi connectivity index (χ3n) is 7.20. The topological polar surface area (TPSA) is 144 Å². The van der Waals surface area contributed by atoms with E-state index < -0.39 is 17.8 Å². The van der Waals surface area contributed by atoms with E-state index in [1.165, 1.54) is 0 Å². The highest BCUT2D eigenvalue weighted by Crippen LogP contribution is 2.37. The SMILES string of the molecule is CN1CCN(c2nc(C3=C(c4c[nH]c5c(C(=O)OCCC#N)cccc45)C(=O)NC3=O)c3ccccc3n2)CC1. The fraction of sp³-hybridized carbons (Fsp3) is 0.241. The summed E-state index contributed by atoms with van der Waals surface area (Å²) in [5.41, 5.74) is 2.55. The lowest BCUT2D eigenvalue weighted by atomic mass is 9.96. The Morgan fingerprint density at radius 3 is 2.55 bits per heavy atom. The minimum absolute atomic E-state index is 0.0259. The van der Waals surface area contributed by atoms with E-state index in [0.717, 1.165) is 26.2 Å². The molecule has 11 heteroatoms. The van der Waals surface area contributed by atoms with Crippen LogP contribution < -0.4 is 10.2 Å². The van der Waals surface area contributed by atoms with Gasteiger partial charge < -0.3 is 19.5 Å². The van der Waals surface area contributed by atoms with Crippen molar-refractivity contribution in [1.82, 2.24) is 25.2 Å². The molecule has 0 atom stereocenters. The molecule has 2 N–H and O–H groups in total. The molecule has 2 aliphatic heterocycles. The van der Waals surface area contributed by atoms with Gasteiger partial charge in [0.2, 0.25) is 5.95 Å². The highest BCUT2D eigenvalue weighted by molar-refractivity contribution is 6.50. The van der Waals surface area contributed by atoms with Crippen LogP contribution in [0.4, 0.5) is 5.95 Å². The number of anilines is 1. The molecule has 4 heterocycles. The van der Waals surface area contributed by atoms with Crippen LogP contribution >= 0.6 is 0 Å². The molecule has 2 aromatic heterocycles. The van der Waals surface area contributed by atoms with Crippen LogP contribution in [0.3, 0.4) is 0 Å². The summed E-state index contributed by atoms with van der Waals surface area (Å²) in [7, 11) is 2.06. The van der Waals surface area contributed by atoms with Crippen molar-refractivity contribution in [3.63, 3.8) is 0 Å². The second kappa shape index (κ2) is 10.2. The second-order valence-electron chi connectivity index (χ2n) is 9.69. The molecule has 0 radical (unpaired) electrons. The van der Waals surface area contributed by atoms with Crippen LogP contribution in [0.15, 0.2) is 48.7 Å². The predicted molar refractivity (Wildman–Crippen MR) is 148 cm³/mol. The first-order chi connectivity index (χ1) is 19.5. The molecule has 0 unspecified atom stereocenters. The average molecular weight is 536 g/mol. The smallest absolute Gasteiger partial charge is 0.340 e. The number of aromatic amines is 1. The van der Waals surface area contributed by atoms with E-state index in [1.807, 2.05) is 30.3 Å². The molecular weight excluding hydrogens is 510 g/mol. The molecule has 0 bridgehead atoms. The van der Waals surface area contributed by atoms with Gasteiger partial charge in [-0.15, -0.1) is 0 Å². The fourth-order valence-corrected chi connectivity index (χ4v) is 5.14. The van der Waals surface area contributed by atoms with Crippen LogP contribution in [0.2, 0.25) is 0 Å². The van der Waals surface area contributed by atoms with Gasteiger partial charge in [-0.25, -0.2) is 14.8 Å². The Hall–Kier alpha value is -5.08. The molecule has 4 aromatic rings. The highest BCUT2D eigenvalue weighted by Gasteiger charge is 2.36. The van der Waals surface area contributed by atoms with E-state index in [1.54, 1.807) is 24.4 Å². The Labute approximate surface area is 229 Å². The van der Waals surface area contributed by atoms with Gasteiger partial charge in [-0.1, -0.05) is 30.3 Å². The van der Waals surface area contributed by atoms with E-state index in [-0.39, 0.29) is 29.7 Å². The van der Waals surface area contributed by atoms with Crippen LogP contribution in [0.1, 0.15) is 28.0 Å². The maximum atomic E-state index is 13.3. The maximum absolute atomic E-state index is 13.3. The van der Waals surface area contributed by atoms with Crippen molar-refractivity contribution in [2.75, 3.05) is 44.7 Å². The molecule has 0 aliphatic carbocycles. The van der Waals surface area contributed by atoms with Gasteiger partial charge in [-0.3, -0.25) is 14.9 Å². The Kier molecular flexibility index (Phi) is 6.45. The van der Waals surface area contributed by atoms with E-state index in [0.29, 0.717) is 39.0 Å². The summed E-state index contributed by atoms with van der Waals surface area (Å²) in [6, 6.07) is 14.4. The molecule has 2 aromatic carbocycles. The summed E-state index contributed by atoms with van der Waals surface area (Å²) < 4.78 is 5.21. The van der Waals surface area contributed by atoms with Crippen LogP contribution in [0, 0.1) is 11.3 Å². The van der Waals surface area contributed by atoms with Gasteiger partial charge in [0.15, 0.2) is 0 Å². The van der Waals surface area contributed by atoms with Crippen molar-refractivity contribution in [2.45, 2.75) is 6.42 Å². The van der Waals surface area contributed by atoms with Gasteiger partial charge in [0, 0.05) is 48.7 Å². The lowest BCUT2D eigenvalue weighted by molar-refractivity contribution is -0.122. The molecular formula is C29H25N7O4. The number of piperazine rings is 1. The number of benzene rings is 2. The number of rotatable bonds is 6. The summed E-state index contributed by atoms with van der Waals surface area (Å²) in [6.45, 7) is 3.16. The summed E-state index contributed by atoms with van der Waals surface area (Å²) in [4.78, 5) is 56.3. The fourth-order valence-electron chi connectivity index (χ4n) is 5.14. The first-order valence-electron chi connectivity index (χ1n) is 12.9. The number of hydrogen-bond donors (Lipinski definition) is 2. The largest absolute Gasteiger partial charge is 0.461 e. The van der Waals surface area contributed by atoms with E-state index in [9.17, 15) is 14.4 Å². The minimum atomic E-state index is -0.589. The Morgan fingerprint density at radius 2 is 1.75 bits per heavy atom. The molecule has 0 saturated carbocycles.